The number of pyridine rings is 1. The Kier molecular flexibility index (Phi) is 10.6. The molecule has 0 unspecified atom stereocenters. The number of hydrogen-bond donors (Lipinski definition) is 3. The number of ether oxygens (including phenoxy) is 1. The van der Waals surface area contributed by atoms with Crippen LogP contribution in [0.5, 0.6) is 5.75 Å². The number of benzene rings is 2. The van der Waals surface area contributed by atoms with E-state index in [1.54, 1.807) is 6.20 Å². The lowest BCUT2D eigenvalue weighted by molar-refractivity contribution is -0.136. The molecule has 0 aliphatic carbocycles. The second kappa shape index (κ2) is 14.3. The van der Waals surface area contributed by atoms with Gasteiger partial charge < -0.3 is 25.2 Å². The highest BCUT2D eigenvalue weighted by atomic mass is 35.5. The number of aliphatic hydroxyl groups excluding tert-OH is 1. The van der Waals surface area contributed by atoms with Crippen LogP contribution in [0.2, 0.25) is 5.02 Å². The molecule has 0 atom stereocenters. The number of aromatic nitrogens is 2. The minimum Gasteiger partial charge on any atom is -0.494 e. The third kappa shape index (κ3) is 8.20. The van der Waals surface area contributed by atoms with Crippen LogP contribution in [0.4, 0.5) is 0 Å². The number of carboxylic acids is 1. The van der Waals surface area contributed by atoms with Gasteiger partial charge in [-0.3, -0.25) is 9.78 Å². The molecular weight excluding hydrogens is 536 g/mol. The van der Waals surface area contributed by atoms with Crippen LogP contribution in [0.25, 0.3) is 21.3 Å². The summed E-state index contributed by atoms with van der Waals surface area (Å²) in [5, 5.41) is 22.2. The highest BCUT2D eigenvalue weighted by Crippen LogP contribution is 2.34. The molecule has 0 amide bonds. The van der Waals surface area contributed by atoms with Crippen LogP contribution in [0.1, 0.15) is 29.1 Å². The third-order valence-electron chi connectivity index (χ3n) is 6.21. The summed E-state index contributed by atoms with van der Waals surface area (Å²) in [5.74, 6) is -0.104. The van der Waals surface area contributed by atoms with Crippen LogP contribution in [0, 0.1) is 0 Å². The predicted octanol–water partition coefficient (Wildman–Crippen LogP) is 4.86. The molecule has 0 radical (unpaired) electrons. The van der Waals surface area contributed by atoms with E-state index >= 15 is 0 Å². The number of nitrogens with zero attached hydrogens (tertiary/aromatic N) is 3. The van der Waals surface area contributed by atoms with Crippen LogP contribution in [0.3, 0.4) is 0 Å². The molecule has 4 aromatic rings. The molecule has 2 heterocycles. The van der Waals surface area contributed by atoms with Gasteiger partial charge in [0.25, 0.3) is 0 Å². The number of aliphatic hydroxyl groups is 1. The predicted molar refractivity (Wildman–Crippen MR) is 156 cm³/mol. The second-order valence-corrected chi connectivity index (χ2v) is 10.8. The van der Waals surface area contributed by atoms with E-state index in [-0.39, 0.29) is 13.2 Å². The monoisotopic (exact) mass is 568 g/mol. The van der Waals surface area contributed by atoms with E-state index in [1.807, 2.05) is 55.6 Å². The highest BCUT2D eigenvalue weighted by molar-refractivity contribution is 7.18. The second-order valence-electron chi connectivity index (χ2n) is 9.28. The summed E-state index contributed by atoms with van der Waals surface area (Å²) < 4.78 is 7.01. The smallest absolute Gasteiger partial charge is 0.317 e. The van der Waals surface area contributed by atoms with Crippen molar-refractivity contribution in [3.8, 4) is 16.9 Å². The molecule has 3 N–H and O–H groups in total. The van der Waals surface area contributed by atoms with Gasteiger partial charge in [-0.2, -0.15) is 0 Å². The number of nitrogens with one attached hydrogen (secondary N) is 1. The molecule has 206 valence electrons. The van der Waals surface area contributed by atoms with Gasteiger partial charge in [-0.25, -0.2) is 4.98 Å². The van der Waals surface area contributed by atoms with Crippen LogP contribution in [-0.4, -0.2) is 70.9 Å². The molecule has 0 spiro atoms. The van der Waals surface area contributed by atoms with Crippen LogP contribution < -0.4 is 10.1 Å². The Hall–Kier alpha value is -3.08. The fourth-order valence-electron chi connectivity index (χ4n) is 4.29. The Morgan fingerprint density at radius 1 is 1.15 bits per heavy atom. The van der Waals surface area contributed by atoms with Gasteiger partial charge in [0, 0.05) is 44.4 Å². The van der Waals surface area contributed by atoms with Crippen LogP contribution in [-0.2, 0) is 17.8 Å². The molecule has 4 rings (SSSR count). The Labute approximate surface area is 237 Å². The summed E-state index contributed by atoms with van der Waals surface area (Å²) in [6, 6.07) is 15.9. The van der Waals surface area contributed by atoms with Gasteiger partial charge in [0.2, 0.25) is 0 Å². The Morgan fingerprint density at radius 3 is 2.79 bits per heavy atom. The standard InChI is InChI=1S/C29H33ClN4O4S/c1-34(12-4-14-35)13-5-15-38-22-8-2-6-20(16-22)23-9-3-7-21(28(23)30)17-24-29-25(10-11-32-24)39-26(33-29)18-31-19-27(36)37/h2-3,6-11,16,31,35H,4-5,12-15,17-19H2,1H3,(H,36,37). The first-order chi connectivity index (χ1) is 18.9. The van der Waals surface area contributed by atoms with E-state index in [0.717, 1.165) is 69.3 Å². The third-order valence-corrected chi connectivity index (χ3v) is 7.68. The van der Waals surface area contributed by atoms with Crippen molar-refractivity contribution in [1.82, 2.24) is 20.2 Å². The molecule has 39 heavy (non-hydrogen) atoms. The van der Waals surface area contributed by atoms with Gasteiger partial charge in [0.15, 0.2) is 0 Å². The Morgan fingerprint density at radius 2 is 1.97 bits per heavy atom. The summed E-state index contributed by atoms with van der Waals surface area (Å²) in [7, 11) is 2.05. The number of fused-ring (bicyclic) bond motifs is 1. The summed E-state index contributed by atoms with van der Waals surface area (Å²) in [6.07, 6.45) is 3.97. The Bertz CT molecular complexity index is 1400. The average Bonchev–Trinajstić information content (AvgIpc) is 3.35. The number of aliphatic carboxylic acids is 1. The topological polar surface area (TPSA) is 108 Å². The zero-order valence-electron chi connectivity index (χ0n) is 21.9. The summed E-state index contributed by atoms with van der Waals surface area (Å²) >= 11 is 8.45. The van der Waals surface area contributed by atoms with Crippen LogP contribution >= 0.6 is 22.9 Å². The first-order valence-corrected chi connectivity index (χ1v) is 14.1. The largest absolute Gasteiger partial charge is 0.494 e. The summed E-state index contributed by atoms with van der Waals surface area (Å²) in [6.45, 7) is 2.88. The van der Waals surface area contributed by atoms with Crippen molar-refractivity contribution in [3.05, 3.63) is 76.0 Å². The Balaban J connectivity index is 1.45. The van der Waals surface area contributed by atoms with Gasteiger partial charge in [-0.15, -0.1) is 11.3 Å². The van der Waals surface area contributed by atoms with Gasteiger partial charge >= 0.3 is 5.97 Å². The van der Waals surface area contributed by atoms with E-state index in [0.29, 0.717) is 24.6 Å². The van der Waals surface area contributed by atoms with Gasteiger partial charge in [0.1, 0.15) is 16.3 Å². The van der Waals surface area contributed by atoms with Gasteiger partial charge in [-0.05, 0) is 49.2 Å². The van der Waals surface area contributed by atoms with Crippen molar-refractivity contribution in [3.63, 3.8) is 0 Å². The fourth-order valence-corrected chi connectivity index (χ4v) is 5.54. The molecule has 0 saturated carbocycles. The number of thiazole rings is 1. The van der Waals surface area contributed by atoms with E-state index in [1.165, 1.54) is 11.3 Å². The maximum atomic E-state index is 10.8. The molecule has 8 nitrogen and oxygen atoms in total. The zero-order chi connectivity index (χ0) is 27.6. The number of carbonyl (C=O) groups is 1. The molecule has 10 heteroatoms. The van der Waals surface area contributed by atoms with E-state index in [9.17, 15) is 4.79 Å². The molecule has 0 bridgehead atoms. The molecule has 2 aromatic carbocycles. The van der Waals surface area contributed by atoms with E-state index < -0.39 is 5.97 Å². The first-order valence-electron chi connectivity index (χ1n) is 12.9. The van der Waals surface area contributed by atoms with Crippen molar-refractivity contribution in [2.75, 3.05) is 39.9 Å². The number of halogens is 1. The quantitative estimate of drug-likeness (QED) is 0.175. The molecule has 0 aliphatic heterocycles. The SMILES string of the molecule is CN(CCCO)CCCOc1cccc(-c2cccc(Cc3nccc4sc(CNCC(=O)O)nc34)c2Cl)c1. The lowest BCUT2D eigenvalue weighted by Gasteiger charge is -2.16. The minimum atomic E-state index is -0.900. The van der Waals surface area contributed by atoms with Crippen molar-refractivity contribution in [2.24, 2.45) is 0 Å². The average molecular weight is 569 g/mol. The van der Waals surface area contributed by atoms with E-state index in [4.69, 9.17) is 31.5 Å². The lowest BCUT2D eigenvalue weighted by Crippen LogP contribution is -2.23. The van der Waals surface area contributed by atoms with Crippen LogP contribution in [0.15, 0.2) is 54.7 Å². The molecule has 2 aromatic heterocycles. The van der Waals surface area contributed by atoms with Gasteiger partial charge in [-0.1, -0.05) is 41.9 Å². The molecule has 0 saturated heterocycles. The zero-order valence-corrected chi connectivity index (χ0v) is 23.5. The van der Waals surface area contributed by atoms with Crippen molar-refractivity contribution in [1.29, 1.82) is 0 Å². The van der Waals surface area contributed by atoms with Gasteiger partial charge in [0.05, 0.1) is 28.6 Å². The minimum absolute atomic E-state index is 0.113. The highest BCUT2D eigenvalue weighted by Gasteiger charge is 2.14. The van der Waals surface area contributed by atoms with Crippen molar-refractivity contribution >= 4 is 39.1 Å². The summed E-state index contributed by atoms with van der Waals surface area (Å²) in [5.41, 5.74) is 4.49. The fraction of sp³-hybridized carbons (Fsp3) is 0.345. The molecular formula is C29H33ClN4O4S. The maximum Gasteiger partial charge on any atom is 0.317 e. The van der Waals surface area contributed by atoms with Crippen molar-refractivity contribution in [2.45, 2.75) is 25.8 Å². The maximum absolute atomic E-state index is 10.8. The summed E-state index contributed by atoms with van der Waals surface area (Å²) in [4.78, 5) is 22.3. The van der Waals surface area contributed by atoms with Crippen molar-refractivity contribution < 1.29 is 19.7 Å². The first kappa shape index (κ1) is 28.9. The lowest BCUT2D eigenvalue weighted by atomic mass is 10.00. The molecule has 0 aliphatic rings. The number of hydrogen-bond acceptors (Lipinski definition) is 8. The number of carboxylic acid groups (broad SMARTS) is 1. The molecule has 0 fully saturated rings. The number of rotatable bonds is 15. The van der Waals surface area contributed by atoms with E-state index in [2.05, 4.69) is 15.2 Å². The normalized spacial score (nSPS) is 11.4.